The van der Waals surface area contributed by atoms with E-state index in [1.54, 1.807) is 16.9 Å². The number of rotatable bonds is 3. The molecule has 1 aromatic heterocycles. The fraction of sp³-hybridized carbons (Fsp3) is 0.692. The predicted octanol–water partition coefficient (Wildman–Crippen LogP) is 2.43. The van der Waals surface area contributed by atoms with Gasteiger partial charge >= 0.3 is 0 Å². The van der Waals surface area contributed by atoms with Gasteiger partial charge in [0.2, 0.25) is 0 Å². The highest BCUT2D eigenvalue weighted by Gasteiger charge is 2.31. The van der Waals surface area contributed by atoms with E-state index in [0.717, 1.165) is 17.9 Å². The van der Waals surface area contributed by atoms with Gasteiger partial charge in [-0.15, -0.1) is 0 Å². The zero-order valence-electron chi connectivity index (χ0n) is 10.4. The zero-order chi connectivity index (χ0) is 12.3. The molecular weight excluding hydrogens is 232 g/mol. The van der Waals surface area contributed by atoms with Crippen molar-refractivity contribution in [1.29, 1.82) is 0 Å². The molecule has 0 unspecified atom stereocenters. The van der Waals surface area contributed by atoms with Crippen molar-refractivity contribution in [2.45, 2.75) is 45.6 Å². The Labute approximate surface area is 108 Å². The van der Waals surface area contributed by atoms with Gasteiger partial charge in [-0.25, -0.2) is 4.68 Å². The molecule has 0 radical (unpaired) electrons. The number of aryl methyl sites for hydroxylation is 1. The molecule has 0 atom stereocenters. The second kappa shape index (κ2) is 5.25. The fourth-order valence-electron chi connectivity index (χ4n) is 2.63. The molecule has 1 aliphatic rings. The SMILES string of the molecule is Cc1cnn(CC2(CS)CCCCC2)c(=O)c1. The molecule has 1 aliphatic carbocycles. The van der Waals surface area contributed by atoms with E-state index in [4.69, 9.17) is 0 Å². The quantitative estimate of drug-likeness (QED) is 0.839. The lowest BCUT2D eigenvalue weighted by molar-refractivity contribution is 0.179. The third kappa shape index (κ3) is 2.92. The molecule has 0 aromatic carbocycles. The standard InChI is InChI=1S/C13H20N2OS/c1-11-7-12(16)15(14-8-11)9-13(10-17)5-3-2-4-6-13/h7-8,17H,2-6,9-10H2,1H3. The number of thiol groups is 1. The van der Waals surface area contributed by atoms with Crippen LogP contribution in [0, 0.1) is 12.3 Å². The average molecular weight is 252 g/mol. The minimum Gasteiger partial charge on any atom is -0.268 e. The van der Waals surface area contributed by atoms with Crippen LogP contribution in [0.15, 0.2) is 17.1 Å². The van der Waals surface area contributed by atoms with Crippen molar-refractivity contribution in [1.82, 2.24) is 9.78 Å². The zero-order valence-corrected chi connectivity index (χ0v) is 11.2. The summed E-state index contributed by atoms with van der Waals surface area (Å²) in [6, 6.07) is 1.65. The van der Waals surface area contributed by atoms with Gasteiger partial charge < -0.3 is 0 Å². The molecule has 0 bridgehead atoms. The molecule has 2 rings (SSSR count). The summed E-state index contributed by atoms with van der Waals surface area (Å²) < 4.78 is 1.61. The van der Waals surface area contributed by atoms with Crippen LogP contribution in [0.3, 0.4) is 0 Å². The number of nitrogens with zero attached hydrogens (tertiary/aromatic N) is 2. The molecule has 17 heavy (non-hydrogen) atoms. The second-order valence-corrected chi connectivity index (χ2v) is 5.56. The van der Waals surface area contributed by atoms with Gasteiger partial charge in [-0.1, -0.05) is 19.3 Å². The van der Waals surface area contributed by atoms with E-state index >= 15 is 0 Å². The van der Waals surface area contributed by atoms with Crippen LogP contribution in [0.5, 0.6) is 0 Å². The highest BCUT2D eigenvalue weighted by atomic mass is 32.1. The number of hydrogen-bond donors (Lipinski definition) is 1. The van der Waals surface area contributed by atoms with Crippen LogP contribution in [0.1, 0.15) is 37.7 Å². The average Bonchev–Trinajstić information content (AvgIpc) is 2.34. The van der Waals surface area contributed by atoms with Gasteiger partial charge in [0.15, 0.2) is 0 Å². The topological polar surface area (TPSA) is 34.9 Å². The summed E-state index contributed by atoms with van der Waals surface area (Å²) in [4.78, 5) is 11.8. The molecule has 94 valence electrons. The molecule has 1 saturated carbocycles. The first kappa shape index (κ1) is 12.7. The Kier molecular flexibility index (Phi) is 3.92. The van der Waals surface area contributed by atoms with Crippen LogP contribution in [0.2, 0.25) is 0 Å². The molecular formula is C13H20N2OS. The maximum atomic E-state index is 11.8. The van der Waals surface area contributed by atoms with Crippen molar-refractivity contribution in [3.05, 3.63) is 28.2 Å². The van der Waals surface area contributed by atoms with E-state index < -0.39 is 0 Å². The minimum atomic E-state index is 0.0109. The Bertz CT molecular complexity index is 435. The molecule has 1 aromatic rings. The van der Waals surface area contributed by atoms with Crippen LogP contribution >= 0.6 is 12.6 Å². The van der Waals surface area contributed by atoms with Crippen LogP contribution in [0.4, 0.5) is 0 Å². The van der Waals surface area contributed by atoms with Gasteiger partial charge in [0.1, 0.15) is 0 Å². The molecule has 1 fully saturated rings. The van der Waals surface area contributed by atoms with Gasteiger partial charge in [0.05, 0.1) is 12.7 Å². The van der Waals surface area contributed by atoms with E-state index in [1.165, 1.54) is 32.1 Å². The molecule has 1 heterocycles. The largest absolute Gasteiger partial charge is 0.268 e. The van der Waals surface area contributed by atoms with Crippen molar-refractivity contribution >= 4 is 12.6 Å². The van der Waals surface area contributed by atoms with Crippen LogP contribution in [-0.2, 0) is 6.54 Å². The van der Waals surface area contributed by atoms with Crippen LogP contribution in [0.25, 0.3) is 0 Å². The Morgan fingerprint density at radius 3 is 2.71 bits per heavy atom. The lowest BCUT2D eigenvalue weighted by Gasteiger charge is -2.35. The van der Waals surface area contributed by atoms with Crippen molar-refractivity contribution < 1.29 is 0 Å². The summed E-state index contributed by atoms with van der Waals surface area (Å²) in [7, 11) is 0. The van der Waals surface area contributed by atoms with Crippen molar-refractivity contribution in [2.24, 2.45) is 5.41 Å². The third-order valence-electron chi connectivity index (χ3n) is 3.74. The Hall–Kier alpha value is -0.770. The van der Waals surface area contributed by atoms with Gasteiger partial charge in [-0.05, 0) is 36.5 Å². The summed E-state index contributed by atoms with van der Waals surface area (Å²) in [6.07, 6.45) is 7.90. The van der Waals surface area contributed by atoms with Gasteiger partial charge in [0.25, 0.3) is 5.56 Å². The molecule has 4 heteroatoms. The summed E-state index contributed by atoms with van der Waals surface area (Å²) in [6.45, 7) is 2.61. The Morgan fingerprint density at radius 2 is 2.12 bits per heavy atom. The van der Waals surface area contributed by atoms with E-state index in [1.807, 2.05) is 6.92 Å². The first-order valence-electron chi connectivity index (χ1n) is 6.30. The van der Waals surface area contributed by atoms with Crippen molar-refractivity contribution in [2.75, 3.05) is 5.75 Å². The molecule has 0 saturated heterocycles. The molecule has 0 N–H and O–H groups in total. The summed E-state index contributed by atoms with van der Waals surface area (Å²) in [5.74, 6) is 0.842. The monoisotopic (exact) mass is 252 g/mol. The maximum Gasteiger partial charge on any atom is 0.267 e. The normalized spacial score (nSPS) is 19.2. The van der Waals surface area contributed by atoms with E-state index in [-0.39, 0.29) is 11.0 Å². The molecule has 0 aliphatic heterocycles. The first-order chi connectivity index (χ1) is 8.15. The van der Waals surface area contributed by atoms with Crippen LogP contribution < -0.4 is 5.56 Å². The third-order valence-corrected chi connectivity index (χ3v) is 4.41. The highest BCUT2D eigenvalue weighted by molar-refractivity contribution is 7.80. The summed E-state index contributed by atoms with van der Waals surface area (Å²) in [5, 5.41) is 4.24. The van der Waals surface area contributed by atoms with E-state index in [9.17, 15) is 4.79 Å². The lowest BCUT2D eigenvalue weighted by atomic mass is 9.75. The first-order valence-corrected chi connectivity index (χ1v) is 6.93. The van der Waals surface area contributed by atoms with E-state index in [0.29, 0.717) is 0 Å². The smallest absolute Gasteiger partial charge is 0.267 e. The minimum absolute atomic E-state index is 0.0109. The highest BCUT2D eigenvalue weighted by Crippen LogP contribution is 2.38. The Balaban J connectivity index is 2.20. The predicted molar refractivity (Wildman–Crippen MR) is 72.6 cm³/mol. The van der Waals surface area contributed by atoms with Crippen molar-refractivity contribution in [3.63, 3.8) is 0 Å². The Morgan fingerprint density at radius 1 is 1.41 bits per heavy atom. The maximum absolute atomic E-state index is 11.8. The second-order valence-electron chi connectivity index (χ2n) is 5.25. The number of aromatic nitrogens is 2. The molecule has 3 nitrogen and oxygen atoms in total. The van der Waals surface area contributed by atoms with Crippen LogP contribution in [-0.4, -0.2) is 15.5 Å². The van der Waals surface area contributed by atoms with E-state index in [2.05, 4.69) is 17.7 Å². The number of hydrogen-bond acceptors (Lipinski definition) is 3. The molecule has 0 spiro atoms. The van der Waals surface area contributed by atoms with Gasteiger partial charge in [-0.2, -0.15) is 17.7 Å². The summed E-state index contributed by atoms with van der Waals surface area (Å²) >= 11 is 4.49. The van der Waals surface area contributed by atoms with Gasteiger partial charge in [0, 0.05) is 6.07 Å². The van der Waals surface area contributed by atoms with Gasteiger partial charge in [-0.3, -0.25) is 4.79 Å². The lowest BCUT2D eigenvalue weighted by Crippen LogP contribution is -2.36. The molecule has 0 amide bonds. The summed E-state index contributed by atoms with van der Waals surface area (Å²) in [5.41, 5.74) is 1.11. The van der Waals surface area contributed by atoms with Crippen molar-refractivity contribution in [3.8, 4) is 0 Å². The fourth-order valence-corrected chi connectivity index (χ4v) is 3.04.